The highest BCUT2D eigenvalue weighted by atomic mass is 28.2. The fourth-order valence-corrected chi connectivity index (χ4v) is 1.65. The number of aliphatic hydroxyl groups is 1. The summed E-state index contributed by atoms with van der Waals surface area (Å²) in [4.78, 5) is 0. The van der Waals surface area contributed by atoms with E-state index in [0.717, 1.165) is 5.56 Å². The normalized spacial score (nSPS) is 17.0. The monoisotopic (exact) mass is 166 g/mol. The Morgan fingerprint density at radius 1 is 1.27 bits per heavy atom. The maximum absolute atomic E-state index is 9.86. The standard InChI is InChI=1S/C9H14OSi/c1-9(10,11-2)8-6-4-3-5-7-8/h3-7,10H,11H2,1-2H3. The van der Waals surface area contributed by atoms with Crippen molar-refractivity contribution in [1.82, 2.24) is 0 Å². The van der Waals surface area contributed by atoms with Gasteiger partial charge in [-0.1, -0.05) is 36.9 Å². The van der Waals surface area contributed by atoms with E-state index < -0.39 is 14.7 Å². The Labute approximate surface area is 69.9 Å². The van der Waals surface area contributed by atoms with Gasteiger partial charge in [0.25, 0.3) is 0 Å². The summed E-state index contributed by atoms with van der Waals surface area (Å²) in [5.41, 5.74) is 1.05. The molecule has 1 aromatic rings. The second-order valence-electron chi connectivity index (χ2n) is 2.99. The number of rotatable bonds is 2. The van der Waals surface area contributed by atoms with Gasteiger partial charge >= 0.3 is 0 Å². The summed E-state index contributed by atoms with van der Waals surface area (Å²) in [6, 6.07) is 9.87. The Hall–Kier alpha value is -0.603. The molecule has 0 heterocycles. The molecular formula is C9H14OSi. The zero-order valence-corrected chi connectivity index (χ0v) is 8.46. The van der Waals surface area contributed by atoms with Gasteiger partial charge in [-0.3, -0.25) is 0 Å². The molecule has 0 amide bonds. The molecule has 1 atom stereocenters. The van der Waals surface area contributed by atoms with Crippen LogP contribution in [0.3, 0.4) is 0 Å². The van der Waals surface area contributed by atoms with E-state index in [4.69, 9.17) is 0 Å². The summed E-state index contributed by atoms with van der Waals surface area (Å²) in [5, 5.41) is 9.33. The second-order valence-corrected chi connectivity index (χ2v) is 5.08. The van der Waals surface area contributed by atoms with Crippen molar-refractivity contribution >= 4 is 9.52 Å². The zero-order chi connectivity index (χ0) is 8.32. The molecule has 0 bridgehead atoms. The minimum absolute atomic E-state index is 0.401. The highest BCUT2D eigenvalue weighted by Gasteiger charge is 2.19. The summed E-state index contributed by atoms with van der Waals surface area (Å²) in [5.74, 6) is 0. The SMILES string of the molecule is C[SiH2]C(C)(O)c1ccccc1. The van der Waals surface area contributed by atoms with Gasteiger partial charge in [-0.15, -0.1) is 0 Å². The fraction of sp³-hybridized carbons (Fsp3) is 0.333. The predicted molar refractivity (Wildman–Crippen MR) is 50.4 cm³/mol. The number of benzene rings is 1. The van der Waals surface area contributed by atoms with Crippen LogP contribution in [0.25, 0.3) is 0 Å². The van der Waals surface area contributed by atoms with Crippen LogP contribution in [0.1, 0.15) is 12.5 Å². The molecule has 2 heteroatoms. The summed E-state index contributed by atoms with van der Waals surface area (Å²) >= 11 is 0. The molecule has 11 heavy (non-hydrogen) atoms. The lowest BCUT2D eigenvalue weighted by molar-refractivity contribution is 0.146. The highest BCUT2D eigenvalue weighted by Crippen LogP contribution is 2.17. The molecule has 1 unspecified atom stereocenters. The van der Waals surface area contributed by atoms with Crippen molar-refractivity contribution in [2.24, 2.45) is 0 Å². The maximum atomic E-state index is 9.86. The van der Waals surface area contributed by atoms with Gasteiger partial charge in [0.15, 0.2) is 0 Å². The largest absolute Gasteiger partial charge is 0.390 e. The third-order valence-corrected chi connectivity index (χ3v) is 3.87. The van der Waals surface area contributed by atoms with Crippen LogP contribution in [-0.2, 0) is 5.22 Å². The lowest BCUT2D eigenvalue weighted by Gasteiger charge is -2.21. The van der Waals surface area contributed by atoms with Gasteiger partial charge in [-0.25, -0.2) is 0 Å². The lowest BCUT2D eigenvalue weighted by Crippen LogP contribution is -2.26. The molecule has 0 saturated carbocycles. The van der Waals surface area contributed by atoms with Crippen molar-refractivity contribution < 1.29 is 5.11 Å². The first kappa shape index (κ1) is 8.49. The Balaban J connectivity index is 2.93. The van der Waals surface area contributed by atoms with Gasteiger partial charge in [-0.05, 0) is 12.5 Å². The van der Waals surface area contributed by atoms with Gasteiger partial charge in [-0.2, -0.15) is 0 Å². The summed E-state index contributed by atoms with van der Waals surface area (Å²) in [7, 11) is -0.401. The predicted octanol–water partition coefficient (Wildman–Crippen LogP) is 1.07. The van der Waals surface area contributed by atoms with Crippen molar-refractivity contribution in [3.05, 3.63) is 35.9 Å². The molecule has 0 aliphatic carbocycles. The van der Waals surface area contributed by atoms with E-state index in [0.29, 0.717) is 0 Å². The van der Waals surface area contributed by atoms with Crippen LogP contribution >= 0.6 is 0 Å². The molecule has 0 spiro atoms. The first-order valence-electron chi connectivity index (χ1n) is 3.94. The van der Waals surface area contributed by atoms with Crippen LogP contribution in [0.2, 0.25) is 6.55 Å². The molecular weight excluding hydrogens is 152 g/mol. The molecule has 0 aromatic heterocycles. The molecule has 0 saturated heterocycles. The van der Waals surface area contributed by atoms with Crippen molar-refractivity contribution in [3.8, 4) is 0 Å². The summed E-state index contributed by atoms with van der Waals surface area (Å²) in [6.07, 6.45) is 0. The van der Waals surface area contributed by atoms with Crippen molar-refractivity contribution in [3.63, 3.8) is 0 Å². The fourth-order valence-electron chi connectivity index (χ4n) is 1.00. The van der Waals surface area contributed by atoms with E-state index in [9.17, 15) is 5.11 Å². The van der Waals surface area contributed by atoms with Crippen molar-refractivity contribution in [2.75, 3.05) is 0 Å². The first-order valence-corrected chi connectivity index (χ1v) is 6.07. The second kappa shape index (κ2) is 3.20. The molecule has 60 valence electrons. The summed E-state index contributed by atoms with van der Waals surface area (Å²) in [6.45, 7) is 4.02. The topological polar surface area (TPSA) is 20.2 Å². The van der Waals surface area contributed by atoms with Gasteiger partial charge in [0, 0.05) is 0 Å². The minimum Gasteiger partial charge on any atom is -0.390 e. The average Bonchev–Trinajstić information content (AvgIpc) is 2.06. The zero-order valence-electron chi connectivity index (χ0n) is 7.04. The molecule has 1 aromatic carbocycles. The van der Waals surface area contributed by atoms with E-state index in [1.54, 1.807) is 0 Å². The van der Waals surface area contributed by atoms with Gasteiger partial charge < -0.3 is 5.11 Å². The Kier molecular flexibility index (Phi) is 2.47. The molecule has 1 N–H and O–H groups in total. The van der Waals surface area contributed by atoms with Crippen LogP contribution in [0.4, 0.5) is 0 Å². The molecule has 0 aliphatic rings. The van der Waals surface area contributed by atoms with Gasteiger partial charge in [0.05, 0.1) is 14.7 Å². The molecule has 0 radical (unpaired) electrons. The van der Waals surface area contributed by atoms with E-state index in [1.807, 2.05) is 37.3 Å². The van der Waals surface area contributed by atoms with Crippen LogP contribution in [0.5, 0.6) is 0 Å². The third-order valence-electron chi connectivity index (χ3n) is 2.08. The molecule has 1 rings (SSSR count). The van der Waals surface area contributed by atoms with Crippen LogP contribution < -0.4 is 0 Å². The maximum Gasteiger partial charge on any atom is 0.0694 e. The summed E-state index contributed by atoms with van der Waals surface area (Å²) < 4.78 is 0. The van der Waals surface area contributed by atoms with Crippen LogP contribution in [-0.4, -0.2) is 14.6 Å². The van der Waals surface area contributed by atoms with Crippen molar-refractivity contribution in [1.29, 1.82) is 0 Å². The first-order chi connectivity index (χ1) is 5.17. The van der Waals surface area contributed by atoms with E-state index in [1.165, 1.54) is 0 Å². The van der Waals surface area contributed by atoms with Gasteiger partial charge in [0.1, 0.15) is 0 Å². The van der Waals surface area contributed by atoms with Crippen LogP contribution in [0.15, 0.2) is 30.3 Å². The van der Waals surface area contributed by atoms with Crippen molar-refractivity contribution in [2.45, 2.75) is 18.7 Å². The molecule has 1 nitrogen and oxygen atoms in total. The third kappa shape index (κ3) is 1.91. The lowest BCUT2D eigenvalue weighted by atomic mass is 10.1. The number of hydrogen-bond acceptors (Lipinski definition) is 1. The van der Waals surface area contributed by atoms with Gasteiger partial charge in [0.2, 0.25) is 0 Å². The average molecular weight is 166 g/mol. The number of hydrogen-bond donors (Lipinski definition) is 1. The quantitative estimate of drug-likeness (QED) is 0.652. The van der Waals surface area contributed by atoms with Crippen LogP contribution in [0, 0.1) is 0 Å². The Morgan fingerprint density at radius 3 is 2.27 bits per heavy atom. The highest BCUT2D eigenvalue weighted by molar-refractivity contribution is 6.37. The van der Waals surface area contributed by atoms with E-state index in [-0.39, 0.29) is 0 Å². The smallest absolute Gasteiger partial charge is 0.0694 e. The molecule has 0 aliphatic heterocycles. The minimum atomic E-state index is -0.527. The Morgan fingerprint density at radius 2 is 1.82 bits per heavy atom. The van der Waals surface area contributed by atoms with E-state index >= 15 is 0 Å². The van der Waals surface area contributed by atoms with E-state index in [2.05, 4.69) is 6.55 Å². The Bertz CT molecular complexity index is 218. The molecule has 0 fully saturated rings.